The van der Waals surface area contributed by atoms with E-state index in [0.29, 0.717) is 38.5 Å². The summed E-state index contributed by atoms with van der Waals surface area (Å²) in [5.41, 5.74) is 0.201. The van der Waals surface area contributed by atoms with E-state index in [4.69, 9.17) is 4.74 Å². The Labute approximate surface area is 184 Å². The van der Waals surface area contributed by atoms with Gasteiger partial charge < -0.3 is 15.0 Å². The number of rotatable bonds is 6. The van der Waals surface area contributed by atoms with Crippen LogP contribution < -0.4 is 5.32 Å². The summed E-state index contributed by atoms with van der Waals surface area (Å²) in [7, 11) is 0. The van der Waals surface area contributed by atoms with Crippen LogP contribution in [-0.4, -0.2) is 74.1 Å². The maximum Gasteiger partial charge on any atom is 0.230 e. The molecule has 1 aromatic rings. The Hall–Kier alpha value is -1.99. The minimum absolute atomic E-state index is 0.00236. The molecule has 2 saturated heterocycles. The lowest BCUT2D eigenvalue weighted by molar-refractivity contribution is -0.137. The van der Waals surface area contributed by atoms with Crippen molar-refractivity contribution in [3.8, 4) is 0 Å². The largest absolute Gasteiger partial charge is 0.381 e. The summed E-state index contributed by atoms with van der Waals surface area (Å²) in [4.78, 5) is 30.1. The number of hydrogen-bond acceptors (Lipinski definition) is 4. The molecule has 170 valence electrons. The van der Waals surface area contributed by atoms with Gasteiger partial charge in [-0.1, -0.05) is 25.0 Å². The zero-order chi connectivity index (χ0) is 21.7. The number of amides is 2. The third-order valence-corrected chi connectivity index (χ3v) is 7.28. The number of nitrogens with zero attached hydrogens (tertiary/aromatic N) is 2. The fourth-order valence-electron chi connectivity index (χ4n) is 5.26. The van der Waals surface area contributed by atoms with Gasteiger partial charge in [-0.3, -0.25) is 14.5 Å². The highest BCUT2D eigenvalue weighted by Crippen LogP contribution is 2.35. The van der Waals surface area contributed by atoms with Crippen molar-refractivity contribution in [1.29, 1.82) is 0 Å². The van der Waals surface area contributed by atoms with Crippen molar-refractivity contribution in [3.63, 3.8) is 0 Å². The molecule has 3 aliphatic rings. The molecule has 7 heteroatoms. The predicted octanol–water partition coefficient (Wildman–Crippen LogP) is 2.32. The quantitative estimate of drug-likeness (QED) is 0.751. The standard InChI is InChI=1S/C24H34FN3O3/c25-21-7-5-20(6-8-21)24(9-17-31-18-10-24)23(30)26-11-12-27-13-15-28(16-14-27)22(29)19-3-1-2-4-19/h5-8,19H,1-4,9-18H2,(H,26,30). The average Bonchev–Trinajstić information content (AvgIpc) is 3.35. The molecule has 0 aromatic heterocycles. The normalized spacial score (nSPS) is 22.4. The molecule has 31 heavy (non-hydrogen) atoms. The van der Waals surface area contributed by atoms with Gasteiger partial charge in [0.1, 0.15) is 5.82 Å². The summed E-state index contributed by atoms with van der Waals surface area (Å²) in [6, 6.07) is 6.29. The van der Waals surface area contributed by atoms with Crippen LogP contribution in [0.4, 0.5) is 4.39 Å². The van der Waals surface area contributed by atoms with Gasteiger partial charge >= 0.3 is 0 Å². The summed E-state index contributed by atoms with van der Waals surface area (Å²) in [6.07, 6.45) is 5.67. The summed E-state index contributed by atoms with van der Waals surface area (Å²) in [6.45, 7) is 5.66. The van der Waals surface area contributed by atoms with Crippen LogP contribution in [0, 0.1) is 11.7 Å². The lowest BCUT2D eigenvalue weighted by Gasteiger charge is -2.37. The fourth-order valence-corrected chi connectivity index (χ4v) is 5.26. The van der Waals surface area contributed by atoms with Gasteiger partial charge in [-0.15, -0.1) is 0 Å². The van der Waals surface area contributed by atoms with Gasteiger partial charge in [0.25, 0.3) is 0 Å². The zero-order valence-corrected chi connectivity index (χ0v) is 18.3. The van der Waals surface area contributed by atoms with Crippen molar-refractivity contribution in [2.24, 2.45) is 5.92 Å². The van der Waals surface area contributed by atoms with E-state index in [1.165, 1.54) is 25.0 Å². The van der Waals surface area contributed by atoms with Crippen molar-refractivity contribution in [3.05, 3.63) is 35.6 Å². The van der Waals surface area contributed by atoms with Crippen molar-refractivity contribution >= 4 is 11.8 Å². The molecule has 2 heterocycles. The molecule has 2 amide bonds. The lowest BCUT2D eigenvalue weighted by Crippen LogP contribution is -2.53. The van der Waals surface area contributed by atoms with Gasteiger partial charge in [-0.2, -0.15) is 0 Å². The van der Waals surface area contributed by atoms with Crippen molar-refractivity contribution in [2.45, 2.75) is 43.9 Å². The molecular formula is C24H34FN3O3. The van der Waals surface area contributed by atoms with Gasteiger partial charge in [-0.05, 0) is 43.4 Å². The van der Waals surface area contributed by atoms with E-state index in [1.807, 2.05) is 4.90 Å². The van der Waals surface area contributed by atoms with Crippen LogP contribution in [0.5, 0.6) is 0 Å². The topological polar surface area (TPSA) is 61.9 Å². The molecule has 1 N–H and O–H groups in total. The Morgan fingerprint density at radius 1 is 1.03 bits per heavy atom. The molecule has 0 unspecified atom stereocenters. The maximum atomic E-state index is 13.4. The second kappa shape index (κ2) is 10.1. The fraction of sp³-hybridized carbons (Fsp3) is 0.667. The van der Waals surface area contributed by atoms with Crippen LogP contribution in [0.15, 0.2) is 24.3 Å². The monoisotopic (exact) mass is 431 g/mol. The molecule has 6 nitrogen and oxygen atoms in total. The van der Waals surface area contributed by atoms with E-state index < -0.39 is 5.41 Å². The first-order valence-electron chi connectivity index (χ1n) is 11.7. The summed E-state index contributed by atoms with van der Waals surface area (Å²) >= 11 is 0. The zero-order valence-electron chi connectivity index (χ0n) is 18.3. The molecule has 1 aromatic carbocycles. The van der Waals surface area contributed by atoms with Crippen LogP contribution >= 0.6 is 0 Å². The number of benzene rings is 1. The summed E-state index contributed by atoms with van der Waals surface area (Å²) in [5.74, 6) is 0.286. The van der Waals surface area contributed by atoms with E-state index in [-0.39, 0.29) is 17.6 Å². The number of carbonyl (C=O) groups excluding carboxylic acids is 2. The molecular weight excluding hydrogens is 397 g/mol. The first kappa shape index (κ1) is 22.2. The van der Waals surface area contributed by atoms with Gasteiger partial charge in [0.15, 0.2) is 0 Å². The van der Waals surface area contributed by atoms with Crippen molar-refractivity contribution < 1.29 is 18.7 Å². The van der Waals surface area contributed by atoms with Gasteiger partial charge in [0, 0.05) is 58.4 Å². The Morgan fingerprint density at radius 3 is 2.32 bits per heavy atom. The molecule has 4 rings (SSSR count). The molecule has 2 aliphatic heterocycles. The Bertz CT molecular complexity index is 750. The van der Waals surface area contributed by atoms with E-state index in [0.717, 1.165) is 51.1 Å². The third kappa shape index (κ3) is 5.09. The molecule has 3 fully saturated rings. The van der Waals surface area contributed by atoms with Gasteiger partial charge in [0.05, 0.1) is 5.41 Å². The number of halogens is 1. The van der Waals surface area contributed by atoms with Crippen LogP contribution in [0.3, 0.4) is 0 Å². The number of carbonyl (C=O) groups is 2. The SMILES string of the molecule is O=C(C1CCCC1)N1CCN(CCNC(=O)C2(c3ccc(F)cc3)CCOCC2)CC1. The molecule has 0 spiro atoms. The average molecular weight is 432 g/mol. The predicted molar refractivity (Wildman–Crippen MR) is 116 cm³/mol. The minimum atomic E-state index is -0.654. The molecule has 1 saturated carbocycles. The Balaban J connectivity index is 1.26. The Kier molecular flexibility index (Phi) is 7.23. The molecule has 1 aliphatic carbocycles. The third-order valence-electron chi connectivity index (χ3n) is 7.28. The van der Waals surface area contributed by atoms with Crippen LogP contribution in [0.1, 0.15) is 44.1 Å². The summed E-state index contributed by atoms with van der Waals surface area (Å²) < 4.78 is 18.9. The lowest BCUT2D eigenvalue weighted by atomic mass is 9.73. The highest BCUT2D eigenvalue weighted by Gasteiger charge is 2.41. The summed E-state index contributed by atoms with van der Waals surface area (Å²) in [5, 5.41) is 3.12. The second-order valence-corrected chi connectivity index (χ2v) is 9.11. The molecule has 0 atom stereocenters. The van der Waals surface area contributed by atoms with E-state index in [1.54, 1.807) is 12.1 Å². The number of ether oxygens (including phenoxy) is 1. The smallest absolute Gasteiger partial charge is 0.230 e. The second-order valence-electron chi connectivity index (χ2n) is 9.11. The molecule has 0 radical (unpaired) electrons. The van der Waals surface area contributed by atoms with Crippen LogP contribution in [0.25, 0.3) is 0 Å². The van der Waals surface area contributed by atoms with E-state index in [2.05, 4.69) is 10.2 Å². The first-order valence-corrected chi connectivity index (χ1v) is 11.7. The van der Waals surface area contributed by atoms with Crippen LogP contribution in [-0.2, 0) is 19.7 Å². The van der Waals surface area contributed by atoms with Crippen molar-refractivity contribution in [2.75, 3.05) is 52.5 Å². The Morgan fingerprint density at radius 2 is 1.68 bits per heavy atom. The van der Waals surface area contributed by atoms with Crippen LogP contribution in [0.2, 0.25) is 0 Å². The van der Waals surface area contributed by atoms with Gasteiger partial charge in [0.2, 0.25) is 11.8 Å². The number of piperazine rings is 1. The van der Waals surface area contributed by atoms with E-state index >= 15 is 0 Å². The highest BCUT2D eigenvalue weighted by molar-refractivity contribution is 5.88. The van der Waals surface area contributed by atoms with Gasteiger partial charge in [-0.25, -0.2) is 4.39 Å². The molecule has 0 bridgehead atoms. The number of nitrogens with one attached hydrogen (secondary N) is 1. The highest BCUT2D eigenvalue weighted by atomic mass is 19.1. The maximum absolute atomic E-state index is 13.4. The van der Waals surface area contributed by atoms with E-state index in [9.17, 15) is 14.0 Å². The van der Waals surface area contributed by atoms with Crippen molar-refractivity contribution in [1.82, 2.24) is 15.1 Å². The first-order chi connectivity index (χ1) is 15.1. The number of hydrogen-bond donors (Lipinski definition) is 1. The minimum Gasteiger partial charge on any atom is -0.381 e.